The minimum Gasteiger partial charge on any atom is -0.393 e. The fourth-order valence-electron chi connectivity index (χ4n) is 2.00. The monoisotopic (exact) mass is 220 g/mol. The first-order chi connectivity index (χ1) is 7.54. The highest BCUT2D eigenvalue weighted by molar-refractivity contribution is 5.26. The molecule has 90 valence electrons. The van der Waals surface area contributed by atoms with Gasteiger partial charge in [-0.05, 0) is 29.9 Å². The molecule has 2 unspecified atom stereocenters. The van der Waals surface area contributed by atoms with Crippen LogP contribution >= 0.6 is 0 Å². The lowest BCUT2D eigenvalue weighted by Gasteiger charge is -2.18. The molecule has 1 aromatic carbocycles. The van der Waals surface area contributed by atoms with Crippen LogP contribution in [0.2, 0.25) is 0 Å². The van der Waals surface area contributed by atoms with Crippen molar-refractivity contribution >= 4 is 0 Å². The molecule has 0 amide bonds. The maximum Gasteiger partial charge on any atom is 0.0603 e. The van der Waals surface area contributed by atoms with Gasteiger partial charge in [0.15, 0.2) is 0 Å². The zero-order valence-corrected chi connectivity index (χ0v) is 10.9. The molecule has 0 aliphatic carbocycles. The third-order valence-corrected chi connectivity index (χ3v) is 3.14. The van der Waals surface area contributed by atoms with Crippen LogP contribution in [0.3, 0.4) is 0 Å². The Morgan fingerprint density at radius 3 is 2.06 bits per heavy atom. The van der Waals surface area contributed by atoms with Crippen molar-refractivity contribution in [1.82, 2.24) is 0 Å². The summed E-state index contributed by atoms with van der Waals surface area (Å²) in [7, 11) is 0. The van der Waals surface area contributed by atoms with Crippen LogP contribution in [0, 0.1) is 5.92 Å². The number of aliphatic hydroxyl groups is 1. The topological polar surface area (TPSA) is 20.2 Å². The molecule has 0 aromatic heterocycles. The Hall–Kier alpha value is -0.820. The Morgan fingerprint density at radius 2 is 1.62 bits per heavy atom. The molecule has 0 bridgehead atoms. The molecule has 0 spiro atoms. The van der Waals surface area contributed by atoms with Crippen molar-refractivity contribution < 1.29 is 5.11 Å². The largest absolute Gasteiger partial charge is 0.393 e. The lowest BCUT2D eigenvalue weighted by molar-refractivity contribution is 0.145. The zero-order chi connectivity index (χ0) is 12.1. The van der Waals surface area contributed by atoms with Gasteiger partial charge < -0.3 is 5.11 Å². The van der Waals surface area contributed by atoms with Crippen LogP contribution in [-0.4, -0.2) is 11.2 Å². The summed E-state index contributed by atoms with van der Waals surface area (Å²) in [6.07, 6.45) is 1.72. The fourth-order valence-corrected chi connectivity index (χ4v) is 2.00. The SMILES string of the molecule is CCC(O)C(C)c1ccc(CC(C)C)cc1. The Balaban J connectivity index is 2.70. The summed E-state index contributed by atoms with van der Waals surface area (Å²) in [6.45, 7) is 8.58. The van der Waals surface area contributed by atoms with Gasteiger partial charge in [-0.3, -0.25) is 0 Å². The second-order valence-electron chi connectivity index (χ2n) is 5.10. The number of hydrogen-bond acceptors (Lipinski definition) is 1. The van der Waals surface area contributed by atoms with Gasteiger partial charge in [0.05, 0.1) is 6.10 Å². The Morgan fingerprint density at radius 1 is 1.06 bits per heavy atom. The average molecular weight is 220 g/mol. The van der Waals surface area contributed by atoms with E-state index in [4.69, 9.17) is 0 Å². The smallest absolute Gasteiger partial charge is 0.0603 e. The predicted octanol–water partition coefficient (Wildman–Crippen LogP) is 3.76. The molecule has 1 nitrogen and oxygen atoms in total. The quantitative estimate of drug-likeness (QED) is 0.801. The number of benzene rings is 1. The molecule has 1 aromatic rings. The van der Waals surface area contributed by atoms with Gasteiger partial charge in [-0.25, -0.2) is 0 Å². The summed E-state index contributed by atoms with van der Waals surface area (Å²) in [4.78, 5) is 0. The molecule has 1 rings (SSSR count). The van der Waals surface area contributed by atoms with Crippen LogP contribution in [0.15, 0.2) is 24.3 Å². The van der Waals surface area contributed by atoms with E-state index in [9.17, 15) is 5.11 Å². The molecular formula is C15H24O. The molecule has 2 atom stereocenters. The minimum atomic E-state index is -0.226. The Kier molecular flexibility index (Phi) is 5.01. The molecule has 16 heavy (non-hydrogen) atoms. The summed E-state index contributed by atoms with van der Waals surface area (Å²) in [6, 6.07) is 8.69. The van der Waals surface area contributed by atoms with Crippen molar-refractivity contribution in [2.75, 3.05) is 0 Å². The maximum atomic E-state index is 9.79. The summed E-state index contributed by atoms with van der Waals surface area (Å²) in [5, 5.41) is 9.79. The van der Waals surface area contributed by atoms with Crippen LogP contribution in [-0.2, 0) is 6.42 Å². The van der Waals surface area contributed by atoms with Crippen molar-refractivity contribution in [2.45, 2.75) is 52.6 Å². The number of hydrogen-bond donors (Lipinski definition) is 1. The van der Waals surface area contributed by atoms with Gasteiger partial charge in [-0.15, -0.1) is 0 Å². The van der Waals surface area contributed by atoms with Gasteiger partial charge >= 0.3 is 0 Å². The van der Waals surface area contributed by atoms with Crippen molar-refractivity contribution in [3.8, 4) is 0 Å². The first kappa shape index (κ1) is 13.2. The van der Waals surface area contributed by atoms with E-state index in [-0.39, 0.29) is 12.0 Å². The predicted molar refractivity (Wildman–Crippen MR) is 69.7 cm³/mol. The van der Waals surface area contributed by atoms with E-state index < -0.39 is 0 Å². The van der Waals surface area contributed by atoms with Gasteiger partial charge in [0.1, 0.15) is 0 Å². The zero-order valence-electron chi connectivity index (χ0n) is 10.9. The van der Waals surface area contributed by atoms with Crippen molar-refractivity contribution in [1.29, 1.82) is 0 Å². The lowest BCUT2D eigenvalue weighted by atomic mass is 9.92. The fraction of sp³-hybridized carbons (Fsp3) is 0.600. The second-order valence-corrected chi connectivity index (χ2v) is 5.10. The molecular weight excluding hydrogens is 196 g/mol. The number of rotatable bonds is 5. The van der Waals surface area contributed by atoms with Crippen LogP contribution in [0.4, 0.5) is 0 Å². The standard InChI is InChI=1S/C15H24O/c1-5-15(16)12(4)14-8-6-13(7-9-14)10-11(2)3/h6-9,11-12,15-16H,5,10H2,1-4H3. The van der Waals surface area contributed by atoms with E-state index in [1.165, 1.54) is 11.1 Å². The Labute approximate surface area is 99.5 Å². The highest BCUT2D eigenvalue weighted by atomic mass is 16.3. The minimum absolute atomic E-state index is 0.226. The molecule has 1 heteroatoms. The third-order valence-electron chi connectivity index (χ3n) is 3.14. The van der Waals surface area contributed by atoms with Crippen molar-refractivity contribution in [2.24, 2.45) is 5.92 Å². The summed E-state index contributed by atoms with van der Waals surface area (Å²) >= 11 is 0. The molecule has 0 fully saturated rings. The number of aliphatic hydroxyl groups excluding tert-OH is 1. The first-order valence-electron chi connectivity index (χ1n) is 6.31. The third kappa shape index (κ3) is 3.64. The molecule has 0 saturated carbocycles. The highest BCUT2D eigenvalue weighted by Crippen LogP contribution is 2.22. The van der Waals surface area contributed by atoms with E-state index in [0.29, 0.717) is 5.92 Å². The van der Waals surface area contributed by atoms with Gasteiger partial charge in [0, 0.05) is 5.92 Å². The van der Waals surface area contributed by atoms with Gasteiger partial charge in [0.25, 0.3) is 0 Å². The summed E-state index contributed by atoms with van der Waals surface area (Å²) < 4.78 is 0. The van der Waals surface area contributed by atoms with Crippen molar-refractivity contribution in [3.63, 3.8) is 0 Å². The van der Waals surface area contributed by atoms with Gasteiger partial charge in [0.2, 0.25) is 0 Å². The second kappa shape index (κ2) is 6.05. The molecule has 0 aliphatic heterocycles. The average Bonchev–Trinajstić information content (AvgIpc) is 2.27. The molecule has 0 aliphatic rings. The van der Waals surface area contributed by atoms with Gasteiger partial charge in [-0.2, -0.15) is 0 Å². The van der Waals surface area contributed by atoms with E-state index in [0.717, 1.165) is 12.8 Å². The summed E-state index contributed by atoms with van der Waals surface area (Å²) in [5.41, 5.74) is 2.62. The van der Waals surface area contributed by atoms with Gasteiger partial charge in [-0.1, -0.05) is 52.0 Å². The molecule has 0 radical (unpaired) electrons. The first-order valence-corrected chi connectivity index (χ1v) is 6.31. The summed E-state index contributed by atoms with van der Waals surface area (Å²) in [5.74, 6) is 0.933. The molecule has 0 saturated heterocycles. The maximum absolute atomic E-state index is 9.79. The van der Waals surface area contributed by atoms with E-state index in [1.54, 1.807) is 0 Å². The normalized spacial score (nSPS) is 15.1. The Bertz CT molecular complexity index is 300. The van der Waals surface area contributed by atoms with Crippen molar-refractivity contribution in [3.05, 3.63) is 35.4 Å². The van der Waals surface area contributed by atoms with Crippen LogP contribution in [0.5, 0.6) is 0 Å². The van der Waals surface area contributed by atoms with E-state index in [1.807, 2.05) is 6.92 Å². The molecule has 0 heterocycles. The van der Waals surface area contributed by atoms with Crippen LogP contribution in [0.1, 0.15) is 51.2 Å². The van der Waals surface area contributed by atoms with Crippen LogP contribution in [0.25, 0.3) is 0 Å². The molecule has 1 N–H and O–H groups in total. The lowest BCUT2D eigenvalue weighted by Crippen LogP contribution is -2.14. The highest BCUT2D eigenvalue weighted by Gasteiger charge is 2.13. The van der Waals surface area contributed by atoms with E-state index >= 15 is 0 Å². The van der Waals surface area contributed by atoms with Crippen LogP contribution < -0.4 is 0 Å². The van der Waals surface area contributed by atoms with E-state index in [2.05, 4.69) is 45.0 Å².